The number of carbonyl (C=O) groups is 1. The molecule has 1 N–H and O–H groups in total. The molecule has 0 saturated carbocycles. The molecule has 6 nitrogen and oxygen atoms in total. The highest BCUT2D eigenvalue weighted by Gasteiger charge is 2.25. The van der Waals surface area contributed by atoms with Gasteiger partial charge in [0.25, 0.3) is 5.91 Å². The Morgan fingerprint density at radius 1 is 1.19 bits per heavy atom. The van der Waals surface area contributed by atoms with Crippen LogP contribution in [0.2, 0.25) is 5.02 Å². The van der Waals surface area contributed by atoms with E-state index in [4.69, 9.17) is 16.6 Å². The number of likely N-dealkylation sites (tertiary alicyclic amines) is 1. The standard InChI is InChI=1S/C22H21BClN5OS/c23-16-13-25-29-20(12-18(27-21(16)29)15-4-1-2-5-17(15)24)26-14-7-9-28(10-8-14)22(30)19-6-3-11-31-19/h1-6,11-14,26H,7-10,23H2. The van der Waals surface area contributed by atoms with Gasteiger partial charge in [-0.1, -0.05) is 35.9 Å². The highest BCUT2D eigenvalue weighted by atomic mass is 35.5. The van der Waals surface area contributed by atoms with Crippen molar-refractivity contribution in [3.63, 3.8) is 0 Å². The Kier molecular flexibility index (Phi) is 5.42. The molecule has 156 valence electrons. The molecule has 1 saturated heterocycles. The van der Waals surface area contributed by atoms with Crippen molar-refractivity contribution in [2.45, 2.75) is 18.9 Å². The minimum atomic E-state index is 0.128. The first kappa shape index (κ1) is 20.1. The maximum atomic E-state index is 12.6. The number of hydrogen-bond donors (Lipinski definition) is 1. The predicted octanol–water partition coefficient (Wildman–Crippen LogP) is 3.09. The molecule has 1 aromatic carbocycles. The first-order valence-corrected chi connectivity index (χ1v) is 11.6. The van der Waals surface area contributed by atoms with Crippen LogP contribution in [0.3, 0.4) is 0 Å². The van der Waals surface area contributed by atoms with Crippen LogP contribution in [0.4, 0.5) is 5.82 Å². The molecular weight excluding hydrogens is 429 g/mol. The maximum Gasteiger partial charge on any atom is 0.263 e. The molecule has 0 bridgehead atoms. The molecule has 1 fully saturated rings. The number of halogens is 1. The van der Waals surface area contributed by atoms with Gasteiger partial charge in [-0.3, -0.25) is 4.79 Å². The first-order chi connectivity index (χ1) is 15.1. The number of piperidine rings is 1. The van der Waals surface area contributed by atoms with Gasteiger partial charge in [-0.05, 0) is 35.8 Å². The number of amides is 1. The van der Waals surface area contributed by atoms with Crippen LogP contribution >= 0.6 is 22.9 Å². The van der Waals surface area contributed by atoms with Gasteiger partial charge in [0.1, 0.15) is 13.7 Å². The quantitative estimate of drug-likeness (QED) is 0.486. The number of anilines is 1. The minimum Gasteiger partial charge on any atom is -0.367 e. The van der Waals surface area contributed by atoms with E-state index in [0.717, 1.165) is 59.0 Å². The predicted molar refractivity (Wildman–Crippen MR) is 128 cm³/mol. The molecule has 3 aromatic heterocycles. The van der Waals surface area contributed by atoms with Crippen molar-refractivity contribution in [2.75, 3.05) is 18.4 Å². The maximum absolute atomic E-state index is 12.6. The zero-order valence-electron chi connectivity index (χ0n) is 17.1. The number of aromatic nitrogens is 3. The van der Waals surface area contributed by atoms with E-state index in [-0.39, 0.29) is 11.9 Å². The Balaban J connectivity index is 1.38. The Morgan fingerprint density at radius 2 is 2.00 bits per heavy atom. The number of carbonyl (C=O) groups excluding carboxylic acids is 1. The molecule has 4 aromatic rings. The third-order valence-electron chi connectivity index (χ3n) is 5.66. The second kappa shape index (κ2) is 8.36. The fraction of sp³-hybridized carbons (Fsp3) is 0.227. The zero-order chi connectivity index (χ0) is 21.4. The van der Waals surface area contributed by atoms with E-state index in [0.29, 0.717) is 5.02 Å². The van der Waals surface area contributed by atoms with Gasteiger partial charge in [0.05, 0.1) is 10.6 Å². The number of hydrogen-bond acceptors (Lipinski definition) is 5. The van der Waals surface area contributed by atoms with Gasteiger partial charge in [-0.25, -0.2) is 4.98 Å². The summed E-state index contributed by atoms with van der Waals surface area (Å²) in [6, 6.07) is 13.8. The van der Waals surface area contributed by atoms with E-state index in [1.165, 1.54) is 11.3 Å². The lowest BCUT2D eigenvalue weighted by Gasteiger charge is -2.32. The average Bonchev–Trinajstić information content (AvgIpc) is 3.45. The molecule has 4 heterocycles. The van der Waals surface area contributed by atoms with Crippen LogP contribution in [0, 0.1) is 0 Å². The SMILES string of the molecule is Bc1cnn2c(NC3CCN(C(=O)c4cccs4)CC3)cc(-c3ccccc3Cl)nc12. The molecule has 1 amide bonds. The number of rotatable bonds is 4. The molecule has 31 heavy (non-hydrogen) atoms. The summed E-state index contributed by atoms with van der Waals surface area (Å²) in [5.74, 6) is 1.01. The molecule has 5 rings (SSSR count). The molecule has 0 aliphatic carbocycles. The van der Waals surface area contributed by atoms with Gasteiger partial charge in [0, 0.05) is 42.0 Å². The van der Waals surface area contributed by atoms with E-state index in [9.17, 15) is 4.79 Å². The summed E-state index contributed by atoms with van der Waals surface area (Å²) in [5.41, 5.74) is 3.53. The van der Waals surface area contributed by atoms with Crippen molar-refractivity contribution in [2.24, 2.45) is 0 Å². The number of nitrogens with zero attached hydrogens (tertiary/aromatic N) is 4. The lowest BCUT2D eigenvalue weighted by atomic mass is 10.0. The van der Waals surface area contributed by atoms with Crippen molar-refractivity contribution in [3.8, 4) is 11.3 Å². The fourth-order valence-electron chi connectivity index (χ4n) is 3.97. The summed E-state index contributed by atoms with van der Waals surface area (Å²) in [5, 5.41) is 10.8. The van der Waals surface area contributed by atoms with Crippen molar-refractivity contribution in [3.05, 3.63) is 63.9 Å². The molecule has 1 aliphatic heterocycles. The monoisotopic (exact) mass is 449 g/mol. The van der Waals surface area contributed by atoms with Crippen LogP contribution in [0.15, 0.2) is 54.0 Å². The van der Waals surface area contributed by atoms with E-state index in [1.807, 2.05) is 71.3 Å². The first-order valence-electron chi connectivity index (χ1n) is 10.3. The number of nitrogens with one attached hydrogen (secondary N) is 1. The molecule has 0 unspecified atom stereocenters. The summed E-state index contributed by atoms with van der Waals surface area (Å²) in [6.07, 6.45) is 3.58. The highest BCUT2D eigenvalue weighted by molar-refractivity contribution is 7.12. The molecule has 0 radical (unpaired) electrons. The zero-order valence-corrected chi connectivity index (χ0v) is 18.7. The molecule has 9 heteroatoms. The number of fused-ring (bicyclic) bond motifs is 1. The number of benzene rings is 1. The van der Waals surface area contributed by atoms with Crippen LogP contribution < -0.4 is 10.8 Å². The summed E-state index contributed by atoms with van der Waals surface area (Å²) < 4.78 is 1.85. The average molecular weight is 450 g/mol. The molecule has 0 atom stereocenters. The lowest BCUT2D eigenvalue weighted by Crippen LogP contribution is -2.42. The summed E-state index contributed by atoms with van der Waals surface area (Å²) in [7, 11) is 2.00. The van der Waals surface area contributed by atoms with Gasteiger partial charge in [0.2, 0.25) is 0 Å². The summed E-state index contributed by atoms with van der Waals surface area (Å²) in [4.78, 5) is 20.2. The second-order valence-corrected chi connectivity index (χ2v) is 9.11. The molecular formula is C22H21BClN5OS. The minimum absolute atomic E-state index is 0.128. The van der Waals surface area contributed by atoms with Crippen LogP contribution in [0.1, 0.15) is 22.5 Å². The van der Waals surface area contributed by atoms with Crippen LogP contribution in [-0.4, -0.2) is 52.4 Å². The Labute approximate surface area is 190 Å². The summed E-state index contributed by atoms with van der Waals surface area (Å²) >= 11 is 7.93. The fourth-order valence-corrected chi connectivity index (χ4v) is 4.90. The summed E-state index contributed by atoms with van der Waals surface area (Å²) in [6.45, 7) is 1.47. The Morgan fingerprint density at radius 3 is 2.74 bits per heavy atom. The lowest BCUT2D eigenvalue weighted by molar-refractivity contribution is 0.0723. The van der Waals surface area contributed by atoms with E-state index >= 15 is 0 Å². The Hall–Kier alpha value is -2.84. The second-order valence-electron chi connectivity index (χ2n) is 7.76. The largest absolute Gasteiger partial charge is 0.367 e. The third-order valence-corrected chi connectivity index (χ3v) is 6.85. The van der Waals surface area contributed by atoms with Gasteiger partial charge in [-0.2, -0.15) is 9.61 Å². The van der Waals surface area contributed by atoms with Crippen LogP contribution in [-0.2, 0) is 0 Å². The van der Waals surface area contributed by atoms with Crippen molar-refractivity contribution in [1.82, 2.24) is 19.5 Å². The Bertz CT molecular complexity index is 1230. The van der Waals surface area contributed by atoms with Crippen molar-refractivity contribution < 1.29 is 4.79 Å². The highest BCUT2D eigenvalue weighted by Crippen LogP contribution is 2.29. The van der Waals surface area contributed by atoms with E-state index in [1.54, 1.807) is 0 Å². The molecule has 0 spiro atoms. The van der Waals surface area contributed by atoms with E-state index < -0.39 is 0 Å². The van der Waals surface area contributed by atoms with Gasteiger partial charge in [0.15, 0.2) is 5.65 Å². The van der Waals surface area contributed by atoms with Gasteiger partial charge < -0.3 is 10.2 Å². The van der Waals surface area contributed by atoms with Crippen LogP contribution in [0.5, 0.6) is 0 Å². The topological polar surface area (TPSA) is 62.5 Å². The number of thiophene rings is 1. The smallest absolute Gasteiger partial charge is 0.263 e. The van der Waals surface area contributed by atoms with Gasteiger partial charge >= 0.3 is 0 Å². The third kappa shape index (κ3) is 3.93. The van der Waals surface area contributed by atoms with Crippen LogP contribution in [0.25, 0.3) is 16.9 Å². The van der Waals surface area contributed by atoms with Crippen molar-refractivity contribution >= 4 is 53.6 Å². The van der Waals surface area contributed by atoms with Gasteiger partial charge in [-0.15, -0.1) is 11.3 Å². The van der Waals surface area contributed by atoms with E-state index in [2.05, 4.69) is 10.4 Å². The normalized spacial score (nSPS) is 14.8. The molecule has 1 aliphatic rings. The van der Waals surface area contributed by atoms with Crippen molar-refractivity contribution in [1.29, 1.82) is 0 Å².